The van der Waals surface area contributed by atoms with Crippen molar-refractivity contribution in [1.29, 1.82) is 0 Å². The maximum Gasteiger partial charge on any atom is 0.278 e. The van der Waals surface area contributed by atoms with Gasteiger partial charge in [-0.05, 0) is 19.1 Å². The van der Waals surface area contributed by atoms with Gasteiger partial charge in [-0.25, -0.2) is 13.5 Å². The third kappa shape index (κ3) is 3.57. The molecule has 1 aliphatic rings. The second-order valence-corrected chi connectivity index (χ2v) is 5.54. The molecule has 26 heavy (non-hydrogen) atoms. The molecule has 1 fully saturated rings. The summed E-state index contributed by atoms with van der Waals surface area (Å²) in [4.78, 5) is 26.4. The van der Waals surface area contributed by atoms with E-state index in [1.807, 2.05) is 0 Å². The van der Waals surface area contributed by atoms with Crippen LogP contribution < -0.4 is 10.2 Å². The molecule has 1 aromatic carbocycles. The number of amides is 1. The Morgan fingerprint density at radius 3 is 2.62 bits per heavy atom. The molecule has 0 spiro atoms. The minimum absolute atomic E-state index is 0.0297. The van der Waals surface area contributed by atoms with E-state index in [9.17, 15) is 18.4 Å². The molecule has 138 valence electrons. The van der Waals surface area contributed by atoms with Gasteiger partial charge in [-0.15, -0.1) is 0 Å². The average Bonchev–Trinajstić information content (AvgIpc) is 2.65. The average molecular weight is 365 g/mol. The van der Waals surface area contributed by atoms with Gasteiger partial charge >= 0.3 is 0 Å². The quantitative estimate of drug-likeness (QED) is 0.819. The first-order valence-corrected chi connectivity index (χ1v) is 8.11. The van der Waals surface area contributed by atoms with Gasteiger partial charge in [0.1, 0.15) is 0 Å². The molecule has 2 heterocycles. The first kappa shape index (κ1) is 18.0. The Labute approximate surface area is 147 Å². The SMILES string of the molecule is CCOc1cc(=O)c(C(=O)N2CCOCC2)nn1-c1ccc(F)c(F)c1. The van der Waals surface area contributed by atoms with Crippen LogP contribution in [0.15, 0.2) is 29.1 Å². The molecular formula is C17H17F2N3O4. The van der Waals surface area contributed by atoms with Crippen LogP contribution in [0.1, 0.15) is 17.4 Å². The van der Waals surface area contributed by atoms with Crippen molar-refractivity contribution in [1.82, 2.24) is 14.7 Å². The van der Waals surface area contributed by atoms with Gasteiger partial charge in [0, 0.05) is 19.2 Å². The molecule has 9 heteroatoms. The zero-order chi connectivity index (χ0) is 18.7. The second-order valence-electron chi connectivity index (χ2n) is 5.54. The van der Waals surface area contributed by atoms with E-state index in [0.29, 0.717) is 26.3 Å². The molecule has 0 atom stereocenters. The Bertz CT molecular complexity index is 879. The van der Waals surface area contributed by atoms with Crippen LogP contribution in [0.3, 0.4) is 0 Å². The lowest BCUT2D eigenvalue weighted by molar-refractivity contribution is 0.0296. The van der Waals surface area contributed by atoms with Gasteiger partial charge in [-0.1, -0.05) is 0 Å². The number of carbonyl (C=O) groups is 1. The fraction of sp³-hybridized carbons (Fsp3) is 0.353. The number of morpholine rings is 1. The lowest BCUT2D eigenvalue weighted by Crippen LogP contribution is -2.43. The predicted octanol–water partition coefficient (Wildman–Crippen LogP) is 1.38. The van der Waals surface area contributed by atoms with E-state index < -0.39 is 23.0 Å². The standard InChI is InChI=1S/C17H17F2N3O4/c1-2-26-15-10-14(23)16(17(24)21-5-7-25-8-6-21)20-22(15)11-3-4-12(18)13(19)9-11/h3-4,9-10H,2,5-8H2,1H3. The molecule has 0 radical (unpaired) electrons. The molecule has 0 aliphatic carbocycles. The smallest absolute Gasteiger partial charge is 0.278 e. The maximum atomic E-state index is 13.6. The van der Waals surface area contributed by atoms with Crippen molar-refractivity contribution in [2.45, 2.75) is 6.92 Å². The van der Waals surface area contributed by atoms with Crippen molar-refractivity contribution in [3.63, 3.8) is 0 Å². The van der Waals surface area contributed by atoms with Crippen LogP contribution in [0.2, 0.25) is 0 Å². The zero-order valence-electron chi connectivity index (χ0n) is 14.1. The highest BCUT2D eigenvalue weighted by atomic mass is 19.2. The van der Waals surface area contributed by atoms with Crippen molar-refractivity contribution in [3.8, 4) is 11.6 Å². The van der Waals surface area contributed by atoms with E-state index in [4.69, 9.17) is 9.47 Å². The monoisotopic (exact) mass is 365 g/mol. The van der Waals surface area contributed by atoms with Gasteiger partial charge in [-0.3, -0.25) is 9.59 Å². The summed E-state index contributed by atoms with van der Waals surface area (Å²) >= 11 is 0. The fourth-order valence-corrected chi connectivity index (χ4v) is 2.56. The highest BCUT2D eigenvalue weighted by Gasteiger charge is 2.24. The molecule has 0 unspecified atom stereocenters. The van der Waals surface area contributed by atoms with Gasteiger partial charge in [0.15, 0.2) is 17.3 Å². The summed E-state index contributed by atoms with van der Waals surface area (Å²) < 4.78 is 38.5. The third-order valence-electron chi connectivity index (χ3n) is 3.84. The molecule has 2 aromatic rings. The molecule has 3 rings (SSSR count). The highest BCUT2D eigenvalue weighted by Crippen LogP contribution is 2.18. The number of ether oxygens (including phenoxy) is 2. The minimum Gasteiger partial charge on any atom is -0.478 e. The number of hydrogen-bond acceptors (Lipinski definition) is 5. The van der Waals surface area contributed by atoms with Crippen LogP contribution in [-0.4, -0.2) is 53.5 Å². The van der Waals surface area contributed by atoms with E-state index in [1.165, 1.54) is 11.0 Å². The van der Waals surface area contributed by atoms with Gasteiger partial charge < -0.3 is 14.4 Å². The van der Waals surface area contributed by atoms with Gasteiger partial charge in [0.05, 0.1) is 31.6 Å². The molecule has 7 nitrogen and oxygen atoms in total. The molecule has 1 aliphatic heterocycles. The van der Waals surface area contributed by atoms with Crippen molar-refractivity contribution in [3.05, 3.63) is 51.8 Å². The Morgan fingerprint density at radius 1 is 1.23 bits per heavy atom. The second kappa shape index (κ2) is 7.61. The molecular weight excluding hydrogens is 348 g/mol. The first-order valence-electron chi connectivity index (χ1n) is 8.11. The number of aromatic nitrogens is 2. The lowest BCUT2D eigenvalue weighted by atomic mass is 10.2. The van der Waals surface area contributed by atoms with Crippen LogP contribution >= 0.6 is 0 Å². The summed E-state index contributed by atoms with van der Waals surface area (Å²) in [6, 6.07) is 4.24. The normalized spacial score (nSPS) is 14.3. The number of rotatable bonds is 4. The summed E-state index contributed by atoms with van der Waals surface area (Å²) in [7, 11) is 0. The van der Waals surface area contributed by atoms with Crippen LogP contribution in [0, 0.1) is 11.6 Å². The Kier molecular flexibility index (Phi) is 5.27. The fourth-order valence-electron chi connectivity index (χ4n) is 2.56. The van der Waals surface area contributed by atoms with Crippen LogP contribution in [-0.2, 0) is 4.74 Å². The number of carbonyl (C=O) groups excluding carboxylic acids is 1. The zero-order valence-corrected chi connectivity index (χ0v) is 14.1. The molecule has 0 bridgehead atoms. The van der Waals surface area contributed by atoms with E-state index in [0.717, 1.165) is 22.9 Å². The highest BCUT2D eigenvalue weighted by molar-refractivity contribution is 5.92. The van der Waals surface area contributed by atoms with E-state index >= 15 is 0 Å². The minimum atomic E-state index is -1.08. The summed E-state index contributed by atoms with van der Waals surface area (Å²) in [5.41, 5.74) is -0.799. The van der Waals surface area contributed by atoms with Crippen molar-refractivity contribution < 1.29 is 23.0 Å². The number of benzene rings is 1. The van der Waals surface area contributed by atoms with E-state index in [1.54, 1.807) is 6.92 Å². The van der Waals surface area contributed by atoms with Gasteiger partial charge in [0.2, 0.25) is 11.3 Å². The third-order valence-corrected chi connectivity index (χ3v) is 3.84. The Balaban J connectivity index is 2.07. The summed E-state index contributed by atoms with van der Waals surface area (Å²) in [5.74, 6) is -2.61. The maximum absolute atomic E-state index is 13.6. The van der Waals surface area contributed by atoms with E-state index in [-0.39, 0.29) is 23.9 Å². The summed E-state index contributed by atoms with van der Waals surface area (Å²) in [5, 5.41) is 4.07. The van der Waals surface area contributed by atoms with Gasteiger partial charge in [-0.2, -0.15) is 5.10 Å². The number of nitrogens with zero attached hydrogens (tertiary/aromatic N) is 3. The Morgan fingerprint density at radius 2 is 1.96 bits per heavy atom. The van der Waals surface area contributed by atoms with Crippen molar-refractivity contribution >= 4 is 5.91 Å². The molecule has 1 aromatic heterocycles. The number of hydrogen-bond donors (Lipinski definition) is 0. The van der Waals surface area contributed by atoms with Crippen molar-refractivity contribution in [2.75, 3.05) is 32.9 Å². The molecule has 1 amide bonds. The number of halogens is 2. The van der Waals surface area contributed by atoms with Crippen LogP contribution in [0.25, 0.3) is 5.69 Å². The topological polar surface area (TPSA) is 73.7 Å². The molecule has 0 saturated carbocycles. The summed E-state index contributed by atoms with van der Waals surface area (Å²) in [6.45, 7) is 3.37. The van der Waals surface area contributed by atoms with E-state index in [2.05, 4.69) is 5.10 Å². The summed E-state index contributed by atoms with van der Waals surface area (Å²) in [6.07, 6.45) is 0. The van der Waals surface area contributed by atoms with Gasteiger partial charge in [0.25, 0.3) is 5.91 Å². The first-order chi connectivity index (χ1) is 12.5. The van der Waals surface area contributed by atoms with Crippen molar-refractivity contribution in [2.24, 2.45) is 0 Å². The predicted molar refractivity (Wildman–Crippen MR) is 87.6 cm³/mol. The largest absolute Gasteiger partial charge is 0.478 e. The lowest BCUT2D eigenvalue weighted by Gasteiger charge is -2.26. The Hall–Kier alpha value is -2.81. The molecule has 0 N–H and O–H groups in total. The molecule has 1 saturated heterocycles. The van der Waals surface area contributed by atoms with Crippen LogP contribution in [0.4, 0.5) is 8.78 Å². The van der Waals surface area contributed by atoms with Crippen LogP contribution in [0.5, 0.6) is 5.88 Å².